The second-order valence-electron chi connectivity index (χ2n) is 8.94. The number of nitrogens with one attached hydrogen (secondary N) is 3. The van der Waals surface area contributed by atoms with Crippen LogP contribution in [0.3, 0.4) is 0 Å². The fourth-order valence-electron chi connectivity index (χ4n) is 3.36. The predicted octanol–water partition coefficient (Wildman–Crippen LogP) is 1.12. The summed E-state index contributed by atoms with van der Waals surface area (Å²) in [5.41, 5.74) is 6.69. The molecule has 0 fully saturated rings. The summed E-state index contributed by atoms with van der Waals surface area (Å²) in [7, 11) is 0. The van der Waals surface area contributed by atoms with Gasteiger partial charge in [0.15, 0.2) is 0 Å². The summed E-state index contributed by atoms with van der Waals surface area (Å²) >= 11 is 4.17. The first kappa shape index (κ1) is 29.4. The van der Waals surface area contributed by atoms with Gasteiger partial charge in [-0.15, -0.1) is 0 Å². The molecule has 0 aliphatic heterocycles. The lowest BCUT2D eigenvalue weighted by Gasteiger charge is -2.26. The van der Waals surface area contributed by atoms with Gasteiger partial charge in [-0.3, -0.25) is 14.4 Å². The van der Waals surface area contributed by atoms with Crippen molar-refractivity contribution >= 4 is 36.3 Å². The third kappa shape index (κ3) is 9.72. The third-order valence-corrected chi connectivity index (χ3v) is 5.94. The molecule has 5 unspecified atom stereocenters. The van der Waals surface area contributed by atoms with Crippen LogP contribution in [0.15, 0.2) is 30.3 Å². The van der Waals surface area contributed by atoms with Crippen molar-refractivity contribution in [2.24, 2.45) is 17.6 Å². The van der Waals surface area contributed by atoms with E-state index < -0.39 is 47.9 Å². The maximum Gasteiger partial charge on any atom is 0.326 e. The van der Waals surface area contributed by atoms with Gasteiger partial charge in [0, 0.05) is 12.2 Å². The van der Waals surface area contributed by atoms with Crippen LogP contribution in [0.2, 0.25) is 0 Å². The van der Waals surface area contributed by atoms with Crippen LogP contribution in [0, 0.1) is 11.8 Å². The smallest absolute Gasteiger partial charge is 0.326 e. The summed E-state index contributed by atoms with van der Waals surface area (Å²) in [6.45, 7) is 7.44. The lowest BCUT2D eigenvalue weighted by atomic mass is 9.98. The molecule has 0 aliphatic carbocycles. The molecular formula is C24H38N4O5S. The van der Waals surface area contributed by atoms with E-state index >= 15 is 0 Å². The fraction of sp³-hybridized carbons (Fsp3) is 0.583. The van der Waals surface area contributed by atoms with E-state index in [0.29, 0.717) is 12.8 Å². The number of nitrogens with two attached hydrogens (primary N) is 1. The molecule has 0 spiro atoms. The zero-order chi connectivity index (χ0) is 25.8. The van der Waals surface area contributed by atoms with Gasteiger partial charge >= 0.3 is 5.97 Å². The molecule has 0 radical (unpaired) electrons. The Hall–Kier alpha value is -2.59. The van der Waals surface area contributed by atoms with E-state index in [2.05, 4.69) is 28.6 Å². The van der Waals surface area contributed by atoms with Gasteiger partial charge in [0.2, 0.25) is 17.7 Å². The Labute approximate surface area is 207 Å². The van der Waals surface area contributed by atoms with Crippen LogP contribution in [0.5, 0.6) is 0 Å². The fourth-order valence-corrected chi connectivity index (χ4v) is 3.61. The molecule has 190 valence electrons. The minimum absolute atomic E-state index is 0.00370. The summed E-state index contributed by atoms with van der Waals surface area (Å²) in [5.74, 6) is -2.95. The summed E-state index contributed by atoms with van der Waals surface area (Å²) in [6.07, 6.45) is 1.15. The highest BCUT2D eigenvalue weighted by Gasteiger charge is 2.31. The molecule has 1 aromatic rings. The van der Waals surface area contributed by atoms with Gasteiger partial charge in [-0.1, -0.05) is 64.4 Å². The molecule has 0 bridgehead atoms. The Morgan fingerprint density at radius 2 is 1.50 bits per heavy atom. The lowest BCUT2D eigenvalue weighted by Crippen LogP contribution is -2.58. The summed E-state index contributed by atoms with van der Waals surface area (Å²) < 4.78 is 0. The van der Waals surface area contributed by atoms with Crippen LogP contribution in [-0.4, -0.2) is 58.7 Å². The van der Waals surface area contributed by atoms with Crippen LogP contribution in [0.4, 0.5) is 0 Å². The van der Waals surface area contributed by atoms with E-state index in [-0.39, 0.29) is 24.0 Å². The van der Waals surface area contributed by atoms with Crippen LogP contribution in [0.1, 0.15) is 46.1 Å². The van der Waals surface area contributed by atoms with Gasteiger partial charge in [0.25, 0.3) is 0 Å². The zero-order valence-electron chi connectivity index (χ0n) is 20.3. The van der Waals surface area contributed by atoms with Gasteiger partial charge in [0.05, 0.1) is 6.04 Å². The SMILES string of the molecule is CCC(C)C(NC(=O)C(Cc1ccccc1)NC(=O)C(CS)NC(=O)C(N)CC(C)C)C(=O)O. The van der Waals surface area contributed by atoms with Crippen molar-refractivity contribution in [2.75, 3.05) is 5.75 Å². The Balaban J connectivity index is 3.02. The van der Waals surface area contributed by atoms with Gasteiger partial charge in [-0.25, -0.2) is 4.79 Å². The van der Waals surface area contributed by atoms with Gasteiger partial charge in [-0.2, -0.15) is 12.6 Å². The number of aliphatic carboxylic acids is 1. The first-order valence-electron chi connectivity index (χ1n) is 11.5. The highest BCUT2D eigenvalue weighted by molar-refractivity contribution is 7.80. The second-order valence-corrected chi connectivity index (χ2v) is 9.31. The summed E-state index contributed by atoms with van der Waals surface area (Å²) in [4.78, 5) is 50.1. The van der Waals surface area contributed by atoms with Crippen LogP contribution in [-0.2, 0) is 25.6 Å². The molecule has 1 rings (SSSR count). The molecule has 0 saturated carbocycles. The highest BCUT2D eigenvalue weighted by Crippen LogP contribution is 2.10. The van der Waals surface area contributed by atoms with Crippen LogP contribution < -0.4 is 21.7 Å². The van der Waals surface area contributed by atoms with Crippen molar-refractivity contribution < 1.29 is 24.3 Å². The number of carbonyl (C=O) groups is 4. The average Bonchev–Trinajstić information content (AvgIpc) is 2.79. The lowest BCUT2D eigenvalue weighted by molar-refractivity contribution is -0.143. The van der Waals surface area contributed by atoms with Gasteiger partial charge in [0.1, 0.15) is 18.1 Å². The molecule has 0 saturated heterocycles. The Kier molecular flexibility index (Phi) is 12.7. The molecule has 9 nitrogen and oxygen atoms in total. The summed E-state index contributed by atoms with van der Waals surface area (Å²) in [5, 5.41) is 17.3. The van der Waals surface area contributed by atoms with Crippen molar-refractivity contribution in [3.8, 4) is 0 Å². The number of benzene rings is 1. The first-order chi connectivity index (χ1) is 16.0. The Morgan fingerprint density at radius 3 is 2.00 bits per heavy atom. The third-order valence-electron chi connectivity index (χ3n) is 5.57. The minimum Gasteiger partial charge on any atom is -0.480 e. The number of carbonyl (C=O) groups excluding carboxylic acids is 3. The monoisotopic (exact) mass is 494 g/mol. The van der Waals surface area contributed by atoms with E-state index in [4.69, 9.17) is 5.73 Å². The molecule has 3 amide bonds. The van der Waals surface area contributed by atoms with Gasteiger partial charge in [-0.05, 0) is 23.8 Å². The zero-order valence-corrected chi connectivity index (χ0v) is 21.2. The quantitative estimate of drug-likeness (QED) is 0.213. The predicted molar refractivity (Wildman–Crippen MR) is 134 cm³/mol. The van der Waals surface area contributed by atoms with Gasteiger partial charge < -0.3 is 26.8 Å². The minimum atomic E-state index is -1.15. The highest BCUT2D eigenvalue weighted by atomic mass is 32.1. The Bertz CT molecular complexity index is 821. The van der Waals surface area contributed by atoms with E-state index in [9.17, 15) is 24.3 Å². The molecule has 0 aliphatic rings. The number of hydrogen-bond acceptors (Lipinski definition) is 6. The van der Waals surface area contributed by atoms with Crippen LogP contribution in [0.25, 0.3) is 0 Å². The molecule has 0 heterocycles. The molecule has 6 N–H and O–H groups in total. The maximum atomic E-state index is 13.1. The largest absolute Gasteiger partial charge is 0.480 e. The Morgan fingerprint density at radius 1 is 0.941 bits per heavy atom. The van der Waals surface area contributed by atoms with Crippen molar-refractivity contribution in [2.45, 2.75) is 71.1 Å². The molecular weight excluding hydrogens is 456 g/mol. The number of amides is 3. The molecule has 10 heteroatoms. The average molecular weight is 495 g/mol. The molecule has 5 atom stereocenters. The van der Waals surface area contributed by atoms with Crippen molar-refractivity contribution in [3.63, 3.8) is 0 Å². The van der Waals surface area contributed by atoms with Crippen molar-refractivity contribution in [1.82, 2.24) is 16.0 Å². The molecule has 0 aromatic heterocycles. The topological polar surface area (TPSA) is 151 Å². The first-order valence-corrected chi connectivity index (χ1v) is 12.2. The number of hydrogen-bond donors (Lipinski definition) is 6. The number of carboxylic acid groups (broad SMARTS) is 1. The van der Waals surface area contributed by atoms with Crippen molar-refractivity contribution in [1.29, 1.82) is 0 Å². The van der Waals surface area contributed by atoms with E-state index in [1.54, 1.807) is 31.2 Å². The standard InChI is InChI=1S/C24H38N4O5S/c1-5-15(4)20(24(32)33)28-22(30)18(12-16-9-7-6-8-10-16)26-23(31)19(13-34)27-21(29)17(25)11-14(2)3/h6-10,14-15,17-20,34H,5,11-13,25H2,1-4H3,(H,26,31)(H,27,29)(H,28,30)(H,32,33). The maximum absolute atomic E-state index is 13.1. The number of rotatable bonds is 14. The molecule has 1 aromatic carbocycles. The van der Waals surface area contributed by atoms with Crippen molar-refractivity contribution in [3.05, 3.63) is 35.9 Å². The normalized spacial score (nSPS) is 15.5. The van der Waals surface area contributed by atoms with E-state index in [1.165, 1.54) is 0 Å². The second kappa shape index (κ2) is 14.6. The number of thiol groups is 1. The summed E-state index contributed by atoms with van der Waals surface area (Å²) in [6, 6.07) is 5.11. The van der Waals surface area contributed by atoms with E-state index in [0.717, 1.165) is 5.56 Å². The van der Waals surface area contributed by atoms with Crippen LogP contribution >= 0.6 is 12.6 Å². The number of carboxylic acids is 1. The van der Waals surface area contributed by atoms with E-state index in [1.807, 2.05) is 26.8 Å². The molecule has 34 heavy (non-hydrogen) atoms.